The van der Waals surface area contributed by atoms with Gasteiger partial charge in [-0.3, -0.25) is 19.2 Å². The van der Waals surface area contributed by atoms with Gasteiger partial charge in [0.15, 0.2) is 0 Å². The van der Waals surface area contributed by atoms with Gasteiger partial charge in [-0.1, -0.05) is 89.9 Å². The van der Waals surface area contributed by atoms with Gasteiger partial charge < -0.3 is 26.2 Å². The second-order valence-corrected chi connectivity index (χ2v) is 12.7. The minimum atomic E-state index is -1.13. The minimum Gasteiger partial charge on any atom is -0.481 e. The van der Waals surface area contributed by atoms with Crippen LogP contribution >= 0.6 is 0 Å². The lowest BCUT2D eigenvalue weighted by molar-refractivity contribution is -0.143. The Kier molecular flexibility index (Phi) is 23.0. The first-order valence-corrected chi connectivity index (χ1v) is 17.4. The fourth-order valence-corrected chi connectivity index (χ4v) is 5.96. The fraction of sp³-hybridized carbons (Fsp3) is 0.853. The third kappa shape index (κ3) is 21.1. The van der Waals surface area contributed by atoms with Gasteiger partial charge in [-0.2, -0.15) is 0 Å². The van der Waals surface area contributed by atoms with Gasteiger partial charge in [0, 0.05) is 38.8 Å². The molecule has 44 heavy (non-hydrogen) atoms. The molecule has 0 aromatic heterocycles. The molecule has 254 valence electrons. The molecule has 1 aliphatic rings. The van der Waals surface area contributed by atoms with Crippen molar-refractivity contribution < 1.29 is 34.2 Å². The summed E-state index contributed by atoms with van der Waals surface area (Å²) in [6.07, 6.45) is 23.0. The predicted octanol–water partition coefficient (Wildman–Crippen LogP) is 6.11. The maximum Gasteiger partial charge on any atom is 0.326 e. The Labute approximate surface area is 265 Å². The largest absolute Gasteiger partial charge is 0.481 e. The molecule has 10 heteroatoms. The van der Waals surface area contributed by atoms with Crippen LogP contribution in [0, 0.1) is 11.8 Å². The van der Waals surface area contributed by atoms with Crippen LogP contribution < -0.4 is 16.0 Å². The molecule has 0 radical (unpaired) electrons. The van der Waals surface area contributed by atoms with Gasteiger partial charge in [-0.25, -0.2) is 4.79 Å². The summed E-state index contributed by atoms with van der Waals surface area (Å²) >= 11 is 0. The van der Waals surface area contributed by atoms with E-state index in [1.54, 1.807) is 0 Å². The van der Waals surface area contributed by atoms with Crippen molar-refractivity contribution in [3.05, 3.63) is 0 Å². The zero-order valence-corrected chi connectivity index (χ0v) is 27.3. The number of carbonyl (C=O) groups is 5. The first-order valence-electron chi connectivity index (χ1n) is 17.4. The molecule has 0 bridgehead atoms. The highest BCUT2D eigenvalue weighted by Gasteiger charge is 2.29. The van der Waals surface area contributed by atoms with Gasteiger partial charge in [-0.15, -0.1) is 0 Å². The molecule has 1 saturated carbocycles. The van der Waals surface area contributed by atoms with Crippen molar-refractivity contribution in [1.82, 2.24) is 16.0 Å². The fourth-order valence-electron chi connectivity index (χ4n) is 5.96. The van der Waals surface area contributed by atoms with Gasteiger partial charge in [0.05, 0.1) is 0 Å². The van der Waals surface area contributed by atoms with Crippen LogP contribution in [-0.2, 0) is 24.0 Å². The molecule has 1 rings (SSSR count). The van der Waals surface area contributed by atoms with Crippen LogP contribution in [0.1, 0.15) is 154 Å². The van der Waals surface area contributed by atoms with Gasteiger partial charge >= 0.3 is 11.9 Å². The lowest BCUT2D eigenvalue weighted by Gasteiger charge is -2.28. The van der Waals surface area contributed by atoms with Crippen LogP contribution in [0.3, 0.4) is 0 Å². The summed E-state index contributed by atoms with van der Waals surface area (Å²) in [7, 11) is 1.49. The molecular formula is C34H61N3O7. The average molecular weight is 624 g/mol. The zero-order chi connectivity index (χ0) is 32.4. The summed E-state index contributed by atoms with van der Waals surface area (Å²) in [5.41, 5.74) is 0. The molecule has 0 unspecified atom stereocenters. The van der Waals surface area contributed by atoms with Crippen molar-refractivity contribution in [1.29, 1.82) is 0 Å². The van der Waals surface area contributed by atoms with Crippen molar-refractivity contribution in [2.45, 2.75) is 160 Å². The summed E-state index contributed by atoms with van der Waals surface area (Å²) in [5.74, 6) is -2.12. The molecule has 1 fully saturated rings. The monoisotopic (exact) mass is 623 g/mol. The predicted molar refractivity (Wildman–Crippen MR) is 172 cm³/mol. The Morgan fingerprint density at radius 1 is 0.614 bits per heavy atom. The topological polar surface area (TPSA) is 162 Å². The van der Waals surface area contributed by atoms with E-state index in [9.17, 15) is 29.1 Å². The number of hydrogen-bond donors (Lipinski definition) is 5. The Morgan fingerprint density at radius 2 is 1.07 bits per heavy atom. The number of carboxylic acid groups (broad SMARTS) is 2. The highest BCUT2D eigenvalue weighted by molar-refractivity contribution is 5.85. The van der Waals surface area contributed by atoms with E-state index in [0.29, 0.717) is 38.1 Å². The number of rotatable bonds is 27. The summed E-state index contributed by atoms with van der Waals surface area (Å²) in [4.78, 5) is 58.2. The Bertz CT molecular complexity index is 828. The van der Waals surface area contributed by atoms with E-state index in [0.717, 1.165) is 44.9 Å². The summed E-state index contributed by atoms with van der Waals surface area (Å²) in [6.45, 7) is 0.631. The van der Waals surface area contributed by atoms with Crippen LogP contribution in [0.15, 0.2) is 0 Å². The standard InChI is InChI=1S/C34H61N3O7/c1-35-30(38)25-24-29(34(43)44)37-33(42)28-22-20-27(21-23-28)26-36-31(39)18-16-14-12-10-8-6-4-2-3-5-7-9-11-13-15-17-19-32(40)41/h27-29H,2-26H2,1H3,(H,35,38)(H,36,39)(H,37,42)(H,40,41)(H,43,44)/t27?,28?,29-/m0/s1. The molecule has 0 spiro atoms. The van der Waals surface area contributed by atoms with Crippen molar-refractivity contribution in [2.75, 3.05) is 13.6 Å². The summed E-state index contributed by atoms with van der Waals surface area (Å²) in [6, 6.07) is -1.07. The molecule has 0 saturated heterocycles. The lowest BCUT2D eigenvalue weighted by Crippen LogP contribution is -2.45. The van der Waals surface area contributed by atoms with Crippen LogP contribution in [-0.4, -0.2) is 59.5 Å². The number of unbranched alkanes of at least 4 members (excludes halogenated alkanes) is 15. The van der Waals surface area contributed by atoms with Gasteiger partial charge in [0.2, 0.25) is 17.7 Å². The lowest BCUT2D eigenvalue weighted by atomic mass is 9.81. The second-order valence-electron chi connectivity index (χ2n) is 12.7. The minimum absolute atomic E-state index is 0.0458. The number of amides is 3. The maximum absolute atomic E-state index is 12.6. The van der Waals surface area contributed by atoms with Crippen molar-refractivity contribution in [3.8, 4) is 0 Å². The van der Waals surface area contributed by atoms with E-state index < -0.39 is 18.0 Å². The molecule has 0 aromatic carbocycles. The zero-order valence-electron chi connectivity index (χ0n) is 27.3. The summed E-state index contributed by atoms with van der Waals surface area (Å²) < 4.78 is 0. The van der Waals surface area contributed by atoms with Gasteiger partial charge in [0.1, 0.15) is 6.04 Å². The quantitative estimate of drug-likeness (QED) is 0.0690. The SMILES string of the molecule is CNC(=O)CC[C@H](NC(=O)C1CCC(CNC(=O)CCCCCCCCCCCCCCCCCCC(=O)O)CC1)C(=O)O. The van der Waals surface area contributed by atoms with Crippen LogP contribution in [0.5, 0.6) is 0 Å². The van der Waals surface area contributed by atoms with Gasteiger partial charge in [0.25, 0.3) is 0 Å². The molecule has 10 nitrogen and oxygen atoms in total. The van der Waals surface area contributed by atoms with E-state index in [4.69, 9.17) is 5.11 Å². The normalized spacial score (nSPS) is 17.0. The number of hydrogen-bond acceptors (Lipinski definition) is 5. The third-order valence-corrected chi connectivity index (χ3v) is 8.90. The van der Waals surface area contributed by atoms with Crippen molar-refractivity contribution in [3.63, 3.8) is 0 Å². The summed E-state index contributed by atoms with van der Waals surface area (Å²) in [5, 5.41) is 26.1. The van der Waals surface area contributed by atoms with E-state index in [1.165, 1.54) is 77.7 Å². The average Bonchev–Trinajstić information content (AvgIpc) is 3.01. The molecule has 0 aromatic rings. The highest BCUT2D eigenvalue weighted by atomic mass is 16.4. The number of carbonyl (C=O) groups excluding carboxylic acids is 3. The molecule has 1 aliphatic carbocycles. The second kappa shape index (κ2) is 25.7. The smallest absolute Gasteiger partial charge is 0.326 e. The highest BCUT2D eigenvalue weighted by Crippen LogP contribution is 2.29. The molecular weight excluding hydrogens is 562 g/mol. The van der Waals surface area contributed by atoms with Crippen molar-refractivity contribution in [2.24, 2.45) is 11.8 Å². The molecule has 0 aliphatic heterocycles. The molecule has 3 amide bonds. The van der Waals surface area contributed by atoms with Crippen molar-refractivity contribution >= 4 is 29.7 Å². The first kappa shape index (κ1) is 39.4. The van der Waals surface area contributed by atoms with Crippen LogP contribution in [0.25, 0.3) is 0 Å². The first-order chi connectivity index (χ1) is 21.2. The van der Waals surface area contributed by atoms with E-state index >= 15 is 0 Å². The van der Waals surface area contributed by atoms with Crippen LogP contribution in [0.4, 0.5) is 0 Å². The van der Waals surface area contributed by atoms with Crippen LogP contribution in [0.2, 0.25) is 0 Å². The van der Waals surface area contributed by atoms with E-state index in [-0.39, 0.29) is 36.5 Å². The molecule has 5 N–H and O–H groups in total. The number of aliphatic carboxylic acids is 2. The number of nitrogens with one attached hydrogen (secondary N) is 3. The van der Waals surface area contributed by atoms with Gasteiger partial charge in [-0.05, 0) is 50.9 Å². The van der Waals surface area contributed by atoms with E-state index in [2.05, 4.69) is 16.0 Å². The molecule has 1 atom stereocenters. The Balaban J connectivity index is 1.94. The number of carboxylic acids is 2. The Hall–Kier alpha value is -2.65. The van der Waals surface area contributed by atoms with E-state index in [1.807, 2.05) is 0 Å². The third-order valence-electron chi connectivity index (χ3n) is 8.90. The maximum atomic E-state index is 12.6. The molecule has 0 heterocycles. The Morgan fingerprint density at radius 3 is 1.50 bits per heavy atom.